The maximum absolute atomic E-state index is 13.2. The second-order valence-corrected chi connectivity index (χ2v) is 12.7. The molecule has 10 heteroatoms. The third kappa shape index (κ3) is 7.14. The number of halogens is 2. The molecule has 0 atom stereocenters. The van der Waals surface area contributed by atoms with E-state index in [1.807, 2.05) is 75.4 Å². The number of hydrogen-bond acceptors (Lipinski definition) is 6. The molecule has 1 fully saturated rings. The number of anilines is 1. The van der Waals surface area contributed by atoms with Crippen molar-refractivity contribution in [2.75, 3.05) is 18.5 Å². The molecular weight excluding hydrogens is 696 g/mol. The largest absolute Gasteiger partial charge is 0.490 e. The van der Waals surface area contributed by atoms with E-state index in [-0.39, 0.29) is 30.2 Å². The van der Waals surface area contributed by atoms with Crippen LogP contribution in [-0.2, 0) is 16.1 Å². The van der Waals surface area contributed by atoms with Gasteiger partial charge in [0.15, 0.2) is 18.1 Å². The maximum Gasteiger partial charge on any atom is 0.293 e. The Morgan fingerprint density at radius 3 is 2.44 bits per heavy atom. The zero-order valence-corrected chi connectivity index (χ0v) is 27.7. The summed E-state index contributed by atoms with van der Waals surface area (Å²) in [5.74, 6) is 0.0746. The minimum Gasteiger partial charge on any atom is -0.490 e. The van der Waals surface area contributed by atoms with Crippen molar-refractivity contribution < 1.29 is 23.9 Å². The number of thioether (sulfide) groups is 1. The number of ether oxygens (including phenoxy) is 2. The van der Waals surface area contributed by atoms with E-state index in [0.717, 1.165) is 43.7 Å². The van der Waals surface area contributed by atoms with Gasteiger partial charge >= 0.3 is 0 Å². The van der Waals surface area contributed by atoms with Crippen LogP contribution in [0.1, 0.15) is 29.2 Å². The summed E-state index contributed by atoms with van der Waals surface area (Å²) in [5.41, 5.74) is 4.34. The van der Waals surface area contributed by atoms with E-state index in [0.29, 0.717) is 38.7 Å². The van der Waals surface area contributed by atoms with Gasteiger partial charge in [-0.3, -0.25) is 19.3 Å². The Labute approximate surface area is 270 Å². The molecule has 0 spiro atoms. The number of nitrogens with zero attached hydrogens (tertiary/aromatic N) is 1. The average molecular weight is 724 g/mol. The van der Waals surface area contributed by atoms with Crippen molar-refractivity contribution in [1.29, 1.82) is 0 Å². The number of rotatable bonds is 9. The first-order valence-corrected chi connectivity index (χ1v) is 15.9. The van der Waals surface area contributed by atoms with Crippen LogP contribution in [0.5, 0.6) is 11.5 Å². The van der Waals surface area contributed by atoms with Crippen LogP contribution in [0, 0.1) is 13.8 Å². The van der Waals surface area contributed by atoms with E-state index in [4.69, 9.17) is 9.47 Å². The van der Waals surface area contributed by atoms with Crippen molar-refractivity contribution in [3.63, 3.8) is 0 Å². The normalized spacial score (nSPS) is 14.1. The first-order valence-electron chi connectivity index (χ1n) is 13.5. The number of aryl methyl sites for hydroxylation is 2. The molecule has 1 N–H and O–H groups in total. The van der Waals surface area contributed by atoms with Crippen molar-refractivity contribution >= 4 is 83.2 Å². The number of hydrogen-bond donors (Lipinski definition) is 1. The molecule has 1 aliphatic heterocycles. The van der Waals surface area contributed by atoms with Crippen LogP contribution in [0.4, 0.5) is 10.5 Å². The van der Waals surface area contributed by atoms with Gasteiger partial charge in [0.25, 0.3) is 17.1 Å². The highest BCUT2D eigenvalue weighted by Gasteiger charge is 2.35. The van der Waals surface area contributed by atoms with Crippen LogP contribution < -0.4 is 14.8 Å². The third-order valence-corrected chi connectivity index (χ3v) is 9.02. The standard InChI is InChI=1S/C33H28Br2N2O5S/c1-4-41-28-15-22(14-26(35)31(28)42-18-30(38)36-27-12-20(3)19(2)11-25(27)34)16-29-32(39)37(33(40)43-29)17-21-9-10-23-7-5-6-8-24(23)13-21/h5-16H,4,17-18H2,1-3H3,(H,36,38)/b29-16+. The number of nitrogens with one attached hydrogen (secondary N) is 1. The molecule has 0 aliphatic carbocycles. The number of fused-ring (bicyclic) bond motifs is 1. The molecule has 220 valence electrons. The lowest BCUT2D eigenvalue weighted by Gasteiger charge is -2.15. The summed E-state index contributed by atoms with van der Waals surface area (Å²) in [7, 11) is 0. The fraction of sp³-hybridized carbons (Fsp3) is 0.182. The van der Waals surface area contributed by atoms with Crippen LogP contribution in [0.2, 0.25) is 0 Å². The van der Waals surface area contributed by atoms with E-state index < -0.39 is 0 Å². The van der Waals surface area contributed by atoms with E-state index in [9.17, 15) is 14.4 Å². The fourth-order valence-electron chi connectivity index (χ4n) is 4.58. The van der Waals surface area contributed by atoms with Crippen molar-refractivity contribution in [2.45, 2.75) is 27.3 Å². The Morgan fingerprint density at radius 2 is 1.67 bits per heavy atom. The van der Waals surface area contributed by atoms with Gasteiger partial charge in [0.05, 0.1) is 28.2 Å². The summed E-state index contributed by atoms with van der Waals surface area (Å²) in [6.45, 7) is 6.12. The SMILES string of the molecule is CCOc1cc(/C=C2/SC(=O)N(Cc3ccc4ccccc4c3)C2=O)cc(Br)c1OCC(=O)Nc1cc(C)c(C)cc1Br. The van der Waals surface area contributed by atoms with Gasteiger partial charge in [0, 0.05) is 4.47 Å². The molecule has 1 aliphatic rings. The fourth-order valence-corrected chi connectivity index (χ4v) is 6.55. The van der Waals surface area contributed by atoms with Gasteiger partial charge in [-0.05, 0) is 134 Å². The molecule has 0 radical (unpaired) electrons. The average Bonchev–Trinajstić information content (AvgIpc) is 3.22. The van der Waals surface area contributed by atoms with Crippen molar-refractivity contribution in [1.82, 2.24) is 4.90 Å². The highest BCUT2D eigenvalue weighted by Crippen LogP contribution is 2.40. The van der Waals surface area contributed by atoms with Crippen LogP contribution >= 0.6 is 43.6 Å². The second kappa shape index (κ2) is 13.4. The van der Waals surface area contributed by atoms with Gasteiger partial charge in [-0.15, -0.1) is 0 Å². The molecule has 0 unspecified atom stereocenters. The lowest BCUT2D eigenvalue weighted by atomic mass is 10.1. The van der Waals surface area contributed by atoms with Gasteiger partial charge in [-0.1, -0.05) is 36.4 Å². The number of carbonyl (C=O) groups is 3. The quantitative estimate of drug-likeness (QED) is 0.174. The molecule has 5 rings (SSSR count). The third-order valence-electron chi connectivity index (χ3n) is 6.86. The topological polar surface area (TPSA) is 84.9 Å². The van der Waals surface area contributed by atoms with E-state index >= 15 is 0 Å². The Balaban J connectivity index is 1.30. The van der Waals surface area contributed by atoms with Crippen LogP contribution in [-0.4, -0.2) is 35.2 Å². The van der Waals surface area contributed by atoms with Gasteiger partial charge in [0.2, 0.25) is 0 Å². The summed E-state index contributed by atoms with van der Waals surface area (Å²) in [6, 6.07) is 21.2. The lowest BCUT2D eigenvalue weighted by molar-refractivity contribution is -0.123. The Bertz CT molecular complexity index is 1790. The van der Waals surface area contributed by atoms with Gasteiger partial charge in [-0.25, -0.2) is 0 Å². The second-order valence-electron chi connectivity index (χ2n) is 9.97. The Kier molecular flexibility index (Phi) is 9.59. The Morgan fingerprint density at radius 1 is 0.930 bits per heavy atom. The van der Waals surface area contributed by atoms with E-state index in [1.54, 1.807) is 18.2 Å². The predicted octanol–water partition coefficient (Wildman–Crippen LogP) is 8.63. The zero-order chi connectivity index (χ0) is 30.7. The summed E-state index contributed by atoms with van der Waals surface area (Å²) in [4.78, 5) is 40.3. The molecule has 7 nitrogen and oxygen atoms in total. The highest BCUT2D eigenvalue weighted by molar-refractivity contribution is 9.11. The predicted molar refractivity (Wildman–Crippen MR) is 179 cm³/mol. The summed E-state index contributed by atoms with van der Waals surface area (Å²) in [5, 5.41) is 4.69. The maximum atomic E-state index is 13.2. The number of carbonyl (C=O) groups excluding carboxylic acids is 3. The number of benzene rings is 4. The smallest absolute Gasteiger partial charge is 0.293 e. The molecule has 1 heterocycles. The van der Waals surface area contributed by atoms with Crippen LogP contribution in [0.15, 0.2) is 80.6 Å². The van der Waals surface area contributed by atoms with Crippen molar-refractivity contribution in [3.05, 3.63) is 103 Å². The monoisotopic (exact) mass is 722 g/mol. The molecular formula is C33H28Br2N2O5S. The van der Waals surface area contributed by atoms with Crippen molar-refractivity contribution in [2.24, 2.45) is 0 Å². The lowest BCUT2D eigenvalue weighted by Crippen LogP contribution is -2.27. The molecule has 3 amide bonds. The first-order chi connectivity index (χ1) is 20.6. The zero-order valence-electron chi connectivity index (χ0n) is 23.7. The summed E-state index contributed by atoms with van der Waals surface area (Å²) in [6.07, 6.45) is 1.66. The number of imide groups is 1. The van der Waals surface area contributed by atoms with Crippen molar-refractivity contribution in [3.8, 4) is 11.5 Å². The molecule has 0 bridgehead atoms. The Hall–Kier alpha value is -3.60. The summed E-state index contributed by atoms with van der Waals surface area (Å²) >= 11 is 7.92. The minimum absolute atomic E-state index is 0.189. The molecule has 4 aromatic carbocycles. The van der Waals surface area contributed by atoms with Gasteiger partial charge in [-0.2, -0.15) is 0 Å². The van der Waals surface area contributed by atoms with Gasteiger partial charge in [0.1, 0.15) is 0 Å². The minimum atomic E-state index is -0.355. The summed E-state index contributed by atoms with van der Waals surface area (Å²) < 4.78 is 13.0. The van der Waals surface area contributed by atoms with Crippen LogP contribution in [0.25, 0.3) is 16.8 Å². The highest BCUT2D eigenvalue weighted by atomic mass is 79.9. The molecule has 0 aromatic heterocycles. The van der Waals surface area contributed by atoms with E-state index in [1.165, 1.54) is 4.90 Å². The molecule has 4 aromatic rings. The molecule has 43 heavy (non-hydrogen) atoms. The van der Waals surface area contributed by atoms with Gasteiger partial charge < -0.3 is 14.8 Å². The molecule has 1 saturated heterocycles. The van der Waals surface area contributed by atoms with Crippen LogP contribution in [0.3, 0.4) is 0 Å². The number of amides is 3. The molecule has 0 saturated carbocycles. The first kappa shape index (κ1) is 30.8. The van der Waals surface area contributed by atoms with E-state index in [2.05, 4.69) is 37.2 Å².